The maximum absolute atomic E-state index is 12.3. The second kappa shape index (κ2) is 6.26. The van der Waals surface area contributed by atoms with Crippen LogP contribution in [0.1, 0.15) is 18.5 Å². The smallest absolute Gasteiger partial charge is 0.326 e. The number of likely N-dealkylation sites (N-methyl/N-ethyl adjacent to an activating group) is 1. The number of hydrogen-bond donors (Lipinski definition) is 1. The van der Waals surface area contributed by atoms with Crippen LogP contribution in [0.5, 0.6) is 0 Å². The zero-order valence-electron chi connectivity index (χ0n) is 12.7. The highest BCUT2D eigenvalue weighted by molar-refractivity contribution is 5.84. The van der Waals surface area contributed by atoms with Gasteiger partial charge >= 0.3 is 5.97 Å². The normalized spacial score (nSPS) is 22.0. The van der Waals surface area contributed by atoms with Crippen molar-refractivity contribution in [2.24, 2.45) is 7.05 Å². The Labute approximate surface area is 124 Å². The molecule has 21 heavy (non-hydrogen) atoms. The molecule has 1 aliphatic rings. The minimum absolute atomic E-state index is 0.103. The molecule has 1 aromatic rings. The topological polar surface area (TPSA) is 78.7 Å². The predicted octanol–water partition coefficient (Wildman–Crippen LogP) is -0.0316. The maximum Gasteiger partial charge on any atom is 0.326 e. The van der Waals surface area contributed by atoms with Gasteiger partial charge in [0.25, 0.3) is 0 Å². The third-order valence-electron chi connectivity index (χ3n) is 4.13. The molecule has 1 aromatic heterocycles. The lowest BCUT2D eigenvalue weighted by atomic mass is 10.1. The van der Waals surface area contributed by atoms with Gasteiger partial charge in [-0.1, -0.05) is 0 Å². The second-order valence-electron chi connectivity index (χ2n) is 5.70. The highest BCUT2D eigenvalue weighted by Gasteiger charge is 2.40. The van der Waals surface area contributed by atoms with Gasteiger partial charge in [0.15, 0.2) is 0 Å². The molecular formula is C14H22N4O3. The summed E-state index contributed by atoms with van der Waals surface area (Å²) in [5, 5.41) is 13.4. The SMILES string of the molecule is CN(C)[C@@H]1C[C@@H](C(=O)O)N(C(=O)CCc2ccnn2C)C1. The van der Waals surface area contributed by atoms with Crippen LogP contribution in [-0.4, -0.2) is 69.3 Å². The van der Waals surface area contributed by atoms with Crippen molar-refractivity contribution in [2.75, 3.05) is 20.6 Å². The summed E-state index contributed by atoms with van der Waals surface area (Å²) in [4.78, 5) is 27.2. The summed E-state index contributed by atoms with van der Waals surface area (Å²) in [6.07, 6.45) is 3.06. The largest absolute Gasteiger partial charge is 0.480 e. The van der Waals surface area contributed by atoms with Gasteiger partial charge in [-0.05, 0) is 33.0 Å². The maximum atomic E-state index is 12.3. The molecule has 0 saturated carbocycles. The summed E-state index contributed by atoms with van der Waals surface area (Å²) >= 11 is 0. The Hall–Kier alpha value is -1.89. The van der Waals surface area contributed by atoms with E-state index in [0.717, 1.165) is 5.69 Å². The van der Waals surface area contributed by atoms with E-state index in [2.05, 4.69) is 5.10 Å². The highest BCUT2D eigenvalue weighted by Crippen LogP contribution is 2.22. The minimum atomic E-state index is -0.923. The third kappa shape index (κ3) is 3.41. The van der Waals surface area contributed by atoms with Crippen molar-refractivity contribution in [2.45, 2.75) is 31.3 Å². The number of nitrogens with zero attached hydrogens (tertiary/aromatic N) is 4. The first kappa shape index (κ1) is 15.5. The molecule has 2 heterocycles. The van der Waals surface area contributed by atoms with Crippen LogP contribution in [0.4, 0.5) is 0 Å². The lowest BCUT2D eigenvalue weighted by Crippen LogP contribution is -2.41. The molecule has 2 rings (SSSR count). The van der Waals surface area contributed by atoms with E-state index >= 15 is 0 Å². The molecule has 0 radical (unpaired) electrons. The van der Waals surface area contributed by atoms with Crippen molar-refractivity contribution in [3.63, 3.8) is 0 Å². The number of aromatic nitrogens is 2. The van der Waals surface area contributed by atoms with Gasteiger partial charge in [-0.3, -0.25) is 9.48 Å². The van der Waals surface area contributed by atoms with E-state index in [1.807, 2.05) is 32.1 Å². The molecule has 116 valence electrons. The van der Waals surface area contributed by atoms with Crippen LogP contribution in [0.25, 0.3) is 0 Å². The fourth-order valence-electron chi connectivity index (χ4n) is 2.72. The Morgan fingerprint density at radius 2 is 2.19 bits per heavy atom. The Morgan fingerprint density at radius 1 is 1.48 bits per heavy atom. The number of rotatable bonds is 5. The van der Waals surface area contributed by atoms with Crippen molar-refractivity contribution in [3.05, 3.63) is 18.0 Å². The van der Waals surface area contributed by atoms with Crippen molar-refractivity contribution < 1.29 is 14.7 Å². The van der Waals surface area contributed by atoms with Gasteiger partial charge in [0, 0.05) is 37.9 Å². The molecule has 7 nitrogen and oxygen atoms in total. The Morgan fingerprint density at radius 3 is 2.71 bits per heavy atom. The van der Waals surface area contributed by atoms with E-state index < -0.39 is 12.0 Å². The minimum Gasteiger partial charge on any atom is -0.480 e. The zero-order chi connectivity index (χ0) is 15.6. The Bertz CT molecular complexity index is 526. The van der Waals surface area contributed by atoms with Gasteiger partial charge in [0.05, 0.1) is 0 Å². The fourth-order valence-corrected chi connectivity index (χ4v) is 2.72. The first-order chi connectivity index (χ1) is 9.90. The molecule has 1 saturated heterocycles. The van der Waals surface area contributed by atoms with Crippen LogP contribution in [0.15, 0.2) is 12.3 Å². The molecule has 1 N–H and O–H groups in total. The summed E-state index contributed by atoms with van der Waals surface area (Å²) in [5.74, 6) is -1.03. The highest BCUT2D eigenvalue weighted by atomic mass is 16.4. The van der Waals surface area contributed by atoms with Crippen LogP contribution in [-0.2, 0) is 23.1 Å². The van der Waals surface area contributed by atoms with Gasteiger partial charge < -0.3 is 14.9 Å². The van der Waals surface area contributed by atoms with Gasteiger partial charge in [0.1, 0.15) is 6.04 Å². The standard InChI is InChI=1S/C14H22N4O3/c1-16(2)11-8-12(14(20)21)18(9-11)13(19)5-4-10-6-7-15-17(10)3/h6-7,11-12H,4-5,8-9H2,1-3H3,(H,20,21)/t11-,12+/m1/s1. The molecule has 7 heteroatoms. The summed E-state index contributed by atoms with van der Waals surface area (Å²) in [6.45, 7) is 0.480. The van der Waals surface area contributed by atoms with Crippen molar-refractivity contribution in [1.29, 1.82) is 0 Å². The number of carboxylic acid groups (broad SMARTS) is 1. The number of aryl methyl sites for hydroxylation is 2. The fraction of sp³-hybridized carbons (Fsp3) is 0.643. The molecular weight excluding hydrogens is 272 g/mol. The second-order valence-corrected chi connectivity index (χ2v) is 5.70. The first-order valence-electron chi connectivity index (χ1n) is 7.05. The molecule has 0 unspecified atom stereocenters. The van der Waals surface area contributed by atoms with Crippen molar-refractivity contribution >= 4 is 11.9 Å². The van der Waals surface area contributed by atoms with Crippen LogP contribution in [0.2, 0.25) is 0 Å². The number of aliphatic carboxylic acids is 1. The summed E-state index contributed by atoms with van der Waals surface area (Å²) < 4.78 is 1.73. The predicted molar refractivity (Wildman–Crippen MR) is 76.8 cm³/mol. The van der Waals surface area contributed by atoms with Gasteiger partial charge in [-0.25, -0.2) is 4.79 Å². The van der Waals surface area contributed by atoms with Gasteiger partial charge in [-0.2, -0.15) is 5.10 Å². The molecule has 1 aliphatic heterocycles. The van der Waals surface area contributed by atoms with Gasteiger partial charge in [0.2, 0.25) is 5.91 Å². The zero-order valence-corrected chi connectivity index (χ0v) is 12.7. The average molecular weight is 294 g/mol. The monoisotopic (exact) mass is 294 g/mol. The number of carbonyl (C=O) groups excluding carboxylic acids is 1. The van der Waals surface area contributed by atoms with Gasteiger partial charge in [-0.15, -0.1) is 0 Å². The molecule has 0 bridgehead atoms. The average Bonchev–Trinajstić information content (AvgIpc) is 3.02. The van der Waals surface area contributed by atoms with Crippen molar-refractivity contribution in [1.82, 2.24) is 19.6 Å². The van der Waals surface area contributed by atoms with E-state index in [-0.39, 0.29) is 11.9 Å². The number of amides is 1. The van der Waals surface area contributed by atoms with E-state index in [0.29, 0.717) is 25.8 Å². The lowest BCUT2D eigenvalue weighted by Gasteiger charge is -2.22. The molecule has 0 spiro atoms. The number of hydrogen-bond acceptors (Lipinski definition) is 4. The van der Waals surface area contributed by atoms with Crippen LogP contribution in [0.3, 0.4) is 0 Å². The van der Waals surface area contributed by atoms with Crippen molar-refractivity contribution in [3.8, 4) is 0 Å². The van der Waals surface area contributed by atoms with E-state index in [1.54, 1.807) is 10.9 Å². The summed E-state index contributed by atoms with van der Waals surface area (Å²) in [5.41, 5.74) is 0.971. The molecule has 0 aliphatic carbocycles. The summed E-state index contributed by atoms with van der Waals surface area (Å²) in [6, 6.07) is 1.26. The number of carboxylic acids is 1. The quantitative estimate of drug-likeness (QED) is 0.825. The number of likely N-dealkylation sites (tertiary alicyclic amines) is 1. The lowest BCUT2D eigenvalue weighted by molar-refractivity contribution is -0.148. The third-order valence-corrected chi connectivity index (χ3v) is 4.13. The molecule has 1 amide bonds. The Balaban J connectivity index is 1.99. The van der Waals surface area contributed by atoms with Crippen LogP contribution < -0.4 is 0 Å². The molecule has 0 aromatic carbocycles. The van der Waals surface area contributed by atoms with E-state index in [9.17, 15) is 14.7 Å². The summed E-state index contributed by atoms with van der Waals surface area (Å²) in [7, 11) is 5.65. The molecule has 2 atom stereocenters. The van der Waals surface area contributed by atoms with Crippen LogP contribution in [0, 0.1) is 0 Å². The van der Waals surface area contributed by atoms with Crippen LogP contribution >= 0.6 is 0 Å². The van der Waals surface area contributed by atoms with E-state index in [4.69, 9.17) is 0 Å². The number of carbonyl (C=O) groups is 2. The Kier molecular flexibility index (Phi) is 4.62. The molecule has 1 fully saturated rings. The first-order valence-corrected chi connectivity index (χ1v) is 7.05. The van der Waals surface area contributed by atoms with E-state index in [1.165, 1.54) is 4.90 Å².